The minimum absolute atomic E-state index is 0.394. The first-order chi connectivity index (χ1) is 8.61. The molecule has 0 bridgehead atoms. The van der Waals surface area contributed by atoms with Crippen molar-refractivity contribution in [1.29, 1.82) is 0 Å². The highest BCUT2D eigenvalue weighted by Gasteiger charge is 2.12. The first kappa shape index (κ1) is 12.5. The first-order valence-corrected chi connectivity index (χ1v) is 6.06. The third-order valence-corrected chi connectivity index (χ3v) is 3.05. The average Bonchev–Trinajstić information content (AvgIpc) is 2.38. The van der Waals surface area contributed by atoms with Crippen molar-refractivity contribution < 1.29 is 0 Å². The molecular formula is C14H15N3S. The Morgan fingerprint density at radius 3 is 2.61 bits per heavy atom. The van der Waals surface area contributed by atoms with E-state index in [1.165, 1.54) is 0 Å². The summed E-state index contributed by atoms with van der Waals surface area (Å²) < 4.78 is 0. The Kier molecular flexibility index (Phi) is 3.58. The summed E-state index contributed by atoms with van der Waals surface area (Å²) in [5, 5.41) is 0. The molecule has 3 nitrogen and oxygen atoms in total. The smallest absolute Gasteiger partial charge is 0.135 e. The number of nitrogens with two attached hydrogens (primary N) is 1. The van der Waals surface area contributed by atoms with Crippen LogP contribution < -0.4 is 10.6 Å². The Bertz CT molecular complexity index is 581. The number of para-hydroxylation sites is 1. The number of thiocarbonyl (C=S) groups is 1. The minimum Gasteiger partial charge on any atom is -0.389 e. The Morgan fingerprint density at radius 2 is 1.94 bits per heavy atom. The van der Waals surface area contributed by atoms with Gasteiger partial charge in [0.05, 0.1) is 5.69 Å². The highest BCUT2D eigenvalue weighted by atomic mass is 32.1. The minimum atomic E-state index is 0.394. The van der Waals surface area contributed by atoms with E-state index in [1.54, 1.807) is 6.20 Å². The Labute approximate surface area is 112 Å². The second kappa shape index (κ2) is 5.14. The molecule has 92 valence electrons. The molecule has 2 rings (SSSR count). The lowest BCUT2D eigenvalue weighted by Crippen LogP contribution is -2.19. The summed E-state index contributed by atoms with van der Waals surface area (Å²) in [6.45, 7) is 2.03. The van der Waals surface area contributed by atoms with E-state index < -0.39 is 0 Å². The lowest BCUT2D eigenvalue weighted by Gasteiger charge is -2.22. The van der Waals surface area contributed by atoms with E-state index in [1.807, 2.05) is 55.3 Å². The summed E-state index contributed by atoms with van der Waals surface area (Å²) >= 11 is 5.08. The number of aryl methyl sites for hydroxylation is 1. The standard InChI is InChI=1S/C14H15N3S/c1-10-6-5-9-16-14(10)17(2)12-8-4-3-7-11(12)13(15)18/h3-9H,1-2H3,(H2,15,18). The molecule has 2 aromatic rings. The zero-order valence-corrected chi connectivity index (χ0v) is 11.2. The second-order valence-electron chi connectivity index (χ2n) is 4.08. The quantitative estimate of drug-likeness (QED) is 0.859. The molecule has 0 fully saturated rings. The molecule has 18 heavy (non-hydrogen) atoms. The van der Waals surface area contributed by atoms with Crippen LogP contribution in [0.3, 0.4) is 0 Å². The molecule has 1 aromatic heterocycles. The molecule has 0 aliphatic rings. The molecule has 0 aliphatic heterocycles. The Hall–Kier alpha value is -1.94. The fraction of sp³-hybridized carbons (Fsp3) is 0.143. The molecule has 0 atom stereocenters. The van der Waals surface area contributed by atoms with Crippen molar-refractivity contribution in [2.75, 3.05) is 11.9 Å². The van der Waals surface area contributed by atoms with Gasteiger partial charge in [0, 0.05) is 18.8 Å². The van der Waals surface area contributed by atoms with Gasteiger partial charge in [0.15, 0.2) is 0 Å². The fourth-order valence-corrected chi connectivity index (χ4v) is 2.09. The molecule has 0 amide bonds. The topological polar surface area (TPSA) is 42.2 Å². The largest absolute Gasteiger partial charge is 0.389 e. The number of rotatable bonds is 3. The van der Waals surface area contributed by atoms with E-state index >= 15 is 0 Å². The lowest BCUT2D eigenvalue weighted by atomic mass is 10.1. The van der Waals surface area contributed by atoms with Crippen LogP contribution >= 0.6 is 12.2 Å². The van der Waals surface area contributed by atoms with Gasteiger partial charge in [0.1, 0.15) is 10.8 Å². The van der Waals surface area contributed by atoms with Crippen molar-refractivity contribution in [2.45, 2.75) is 6.92 Å². The van der Waals surface area contributed by atoms with E-state index in [9.17, 15) is 0 Å². The molecule has 0 spiro atoms. The summed E-state index contributed by atoms with van der Waals surface area (Å²) in [6.07, 6.45) is 1.78. The number of benzene rings is 1. The zero-order chi connectivity index (χ0) is 13.1. The van der Waals surface area contributed by atoms with Crippen LogP contribution in [-0.4, -0.2) is 17.0 Å². The summed E-state index contributed by atoms with van der Waals surface area (Å²) in [5.74, 6) is 0.904. The first-order valence-electron chi connectivity index (χ1n) is 5.65. The molecule has 0 saturated heterocycles. The number of anilines is 2. The number of pyridine rings is 1. The van der Waals surface area contributed by atoms with Gasteiger partial charge < -0.3 is 10.6 Å². The van der Waals surface area contributed by atoms with Gasteiger partial charge >= 0.3 is 0 Å². The number of aromatic nitrogens is 1. The molecule has 0 unspecified atom stereocenters. The molecule has 2 N–H and O–H groups in total. The predicted molar refractivity (Wildman–Crippen MR) is 79.4 cm³/mol. The zero-order valence-electron chi connectivity index (χ0n) is 10.4. The third kappa shape index (κ3) is 2.33. The maximum atomic E-state index is 5.75. The predicted octanol–water partition coefficient (Wildman–Crippen LogP) is 2.79. The fourth-order valence-electron chi connectivity index (χ4n) is 1.92. The number of nitrogens with zero attached hydrogens (tertiary/aromatic N) is 2. The van der Waals surface area contributed by atoms with E-state index in [0.29, 0.717) is 4.99 Å². The van der Waals surface area contributed by atoms with Crippen LogP contribution in [0.4, 0.5) is 11.5 Å². The van der Waals surface area contributed by atoms with Crippen LogP contribution in [0.15, 0.2) is 42.6 Å². The summed E-state index contributed by atoms with van der Waals surface area (Å²) in [7, 11) is 1.96. The van der Waals surface area contributed by atoms with Crippen molar-refractivity contribution in [1.82, 2.24) is 4.98 Å². The van der Waals surface area contributed by atoms with Crippen LogP contribution in [-0.2, 0) is 0 Å². The van der Waals surface area contributed by atoms with E-state index in [0.717, 1.165) is 22.6 Å². The monoisotopic (exact) mass is 257 g/mol. The molecule has 0 saturated carbocycles. The summed E-state index contributed by atoms with van der Waals surface area (Å²) in [6, 6.07) is 11.8. The highest BCUT2D eigenvalue weighted by Crippen LogP contribution is 2.27. The Balaban J connectivity index is 2.50. The van der Waals surface area contributed by atoms with Gasteiger partial charge in [0.2, 0.25) is 0 Å². The van der Waals surface area contributed by atoms with Crippen molar-refractivity contribution in [3.63, 3.8) is 0 Å². The summed E-state index contributed by atoms with van der Waals surface area (Å²) in [5.41, 5.74) is 8.69. The number of hydrogen-bond donors (Lipinski definition) is 1. The van der Waals surface area contributed by atoms with Crippen LogP contribution in [0.25, 0.3) is 0 Å². The van der Waals surface area contributed by atoms with Crippen LogP contribution in [0.1, 0.15) is 11.1 Å². The second-order valence-corrected chi connectivity index (χ2v) is 4.52. The molecule has 0 aliphatic carbocycles. The summed E-state index contributed by atoms with van der Waals surface area (Å²) in [4.78, 5) is 6.80. The highest BCUT2D eigenvalue weighted by molar-refractivity contribution is 7.80. The van der Waals surface area contributed by atoms with E-state index in [-0.39, 0.29) is 0 Å². The Morgan fingerprint density at radius 1 is 1.22 bits per heavy atom. The number of hydrogen-bond acceptors (Lipinski definition) is 3. The van der Waals surface area contributed by atoms with Gasteiger partial charge in [-0.15, -0.1) is 0 Å². The van der Waals surface area contributed by atoms with Crippen molar-refractivity contribution in [2.24, 2.45) is 5.73 Å². The maximum Gasteiger partial charge on any atom is 0.135 e. The van der Waals surface area contributed by atoms with Gasteiger partial charge in [-0.05, 0) is 30.7 Å². The van der Waals surface area contributed by atoms with Crippen molar-refractivity contribution >= 4 is 28.7 Å². The van der Waals surface area contributed by atoms with Crippen molar-refractivity contribution in [3.8, 4) is 0 Å². The van der Waals surface area contributed by atoms with Gasteiger partial charge in [0.25, 0.3) is 0 Å². The van der Waals surface area contributed by atoms with Gasteiger partial charge in [-0.3, -0.25) is 0 Å². The van der Waals surface area contributed by atoms with Gasteiger partial charge in [-0.25, -0.2) is 4.98 Å². The van der Waals surface area contributed by atoms with Gasteiger partial charge in [-0.1, -0.05) is 30.4 Å². The van der Waals surface area contributed by atoms with Crippen LogP contribution in [0, 0.1) is 6.92 Å². The van der Waals surface area contributed by atoms with Crippen LogP contribution in [0.5, 0.6) is 0 Å². The molecule has 4 heteroatoms. The normalized spacial score (nSPS) is 10.1. The molecular weight excluding hydrogens is 242 g/mol. The lowest BCUT2D eigenvalue weighted by molar-refractivity contribution is 1.10. The molecule has 1 aromatic carbocycles. The van der Waals surface area contributed by atoms with E-state index in [4.69, 9.17) is 18.0 Å². The average molecular weight is 257 g/mol. The molecule has 1 heterocycles. The van der Waals surface area contributed by atoms with Crippen molar-refractivity contribution in [3.05, 3.63) is 53.7 Å². The van der Waals surface area contributed by atoms with Crippen LogP contribution in [0.2, 0.25) is 0 Å². The SMILES string of the molecule is Cc1cccnc1N(C)c1ccccc1C(N)=S. The van der Waals surface area contributed by atoms with Gasteiger partial charge in [-0.2, -0.15) is 0 Å². The third-order valence-electron chi connectivity index (χ3n) is 2.83. The molecule has 0 radical (unpaired) electrons. The van der Waals surface area contributed by atoms with E-state index in [2.05, 4.69) is 4.98 Å². The maximum absolute atomic E-state index is 5.75.